The maximum Gasteiger partial charge on any atom is 0.316 e. The van der Waals surface area contributed by atoms with E-state index in [1.165, 1.54) is 43.4 Å². The number of nitrogens with zero attached hydrogens (tertiary/aromatic N) is 13. The first-order valence-electron chi connectivity index (χ1n) is 29.8. The molecular weight excluding hydrogens is 1040 g/mol. The van der Waals surface area contributed by atoms with Crippen LogP contribution in [0.2, 0.25) is 0 Å². The smallest absolute Gasteiger partial charge is 0.316 e. The molecule has 6 aromatic rings. The van der Waals surface area contributed by atoms with Crippen molar-refractivity contribution in [3.8, 4) is 6.01 Å². The third-order valence-corrected chi connectivity index (χ3v) is 16.6. The molecule has 0 bridgehead atoms. The number of hydrogen-bond donors (Lipinski definition) is 3. The number of methoxy groups -OCH3 is 1. The summed E-state index contributed by atoms with van der Waals surface area (Å²) in [7, 11) is 1.57. The fourth-order valence-corrected chi connectivity index (χ4v) is 12.0. The second kappa shape index (κ2) is 28.8. The van der Waals surface area contributed by atoms with Crippen molar-refractivity contribution in [3.05, 3.63) is 144 Å². The van der Waals surface area contributed by atoms with Gasteiger partial charge in [-0.2, -0.15) is 0 Å². The van der Waals surface area contributed by atoms with Gasteiger partial charge in [0.05, 0.1) is 37.4 Å². The molecule has 12 rings (SSSR count). The van der Waals surface area contributed by atoms with E-state index in [1.54, 1.807) is 25.3 Å². The lowest BCUT2D eigenvalue weighted by Gasteiger charge is -2.32. The maximum absolute atomic E-state index is 13.0. The Labute approximate surface area is 479 Å². The minimum absolute atomic E-state index is 0.0290. The summed E-state index contributed by atoms with van der Waals surface area (Å²) in [5, 5.41) is 0. The highest BCUT2D eigenvalue weighted by molar-refractivity contribution is 5.34. The van der Waals surface area contributed by atoms with Gasteiger partial charge in [0.1, 0.15) is 11.6 Å². The van der Waals surface area contributed by atoms with Crippen molar-refractivity contribution in [2.24, 2.45) is 0 Å². The van der Waals surface area contributed by atoms with Crippen LogP contribution in [0.25, 0.3) is 0 Å². The van der Waals surface area contributed by atoms with Gasteiger partial charge in [-0.1, -0.05) is 19.1 Å². The Hall–Kier alpha value is -7.01. The number of morpholine rings is 1. The third-order valence-electron chi connectivity index (χ3n) is 16.6. The number of aromatic amines is 3. The molecule has 5 aromatic heterocycles. The van der Waals surface area contributed by atoms with Gasteiger partial charge in [-0.15, -0.1) is 0 Å². The van der Waals surface area contributed by atoms with E-state index in [0.717, 1.165) is 195 Å². The molecule has 0 saturated carbocycles. The van der Waals surface area contributed by atoms with E-state index < -0.39 is 0 Å². The lowest BCUT2D eigenvalue weighted by molar-refractivity contribution is 0.122. The monoisotopic (exact) mass is 1120 g/mol. The van der Waals surface area contributed by atoms with Gasteiger partial charge in [0.15, 0.2) is 0 Å². The second-order valence-electron chi connectivity index (χ2n) is 22.6. The van der Waals surface area contributed by atoms with Crippen molar-refractivity contribution in [2.75, 3.05) is 114 Å². The first-order chi connectivity index (χ1) is 40.1. The van der Waals surface area contributed by atoms with Gasteiger partial charge in [0, 0.05) is 137 Å². The van der Waals surface area contributed by atoms with Crippen molar-refractivity contribution in [1.82, 2.24) is 64.5 Å². The highest BCUT2D eigenvalue weighted by Crippen LogP contribution is 2.31. The van der Waals surface area contributed by atoms with Crippen LogP contribution >= 0.6 is 0 Å². The summed E-state index contributed by atoms with van der Waals surface area (Å²) in [5.74, 6) is 3.90. The SMILES string of the molecule is CCCc1ncc(CN2CCC(c3cc(=O)[nH]c(N4CCCC4)n3)CC2)cn1.COc1ncc(CN2CCC(c3cc(=O)[nH]c(N4CCCC4)n3)CC2)cn1.O=c1cc(C2CCN(Cc3ccc(F)cc3)CC2)nc(N2CCOCC2)[nH]1. The van der Waals surface area contributed by atoms with Gasteiger partial charge >= 0.3 is 6.01 Å². The molecule has 0 radical (unpaired) electrons. The number of nitrogens with one attached hydrogen (secondary N) is 3. The molecule has 6 aliphatic heterocycles. The van der Waals surface area contributed by atoms with Gasteiger partial charge in [0.25, 0.3) is 16.7 Å². The molecule has 82 heavy (non-hydrogen) atoms. The van der Waals surface area contributed by atoms with Crippen molar-refractivity contribution in [3.63, 3.8) is 0 Å². The van der Waals surface area contributed by atoms with Crippen LogP contribution in [0.1, 0.15) is 135 Å². The predicted octanol–water partition coefficient (Wildman–Crippen LogP) is 6.17. The van der Waals surface area contributed by atoms with Crippen LogP contribution < -0.4 is 36.1 Å². The quantitative estimate of drug-likeness (QED) is 0.105. The highest BCUT2D eigenvalue weighted by Gasteiger charge is 2.28. The van der Waals surface area contributed by atoms with E-state index in [9.17, 15) is 18.8 Å². The molecule has 6 saturated heterocycles. The first-order valence-corrected chi connectivity index (χ1v) is 29.8. The summed E-state index contributed by atoms with van der Waals surface area (Å²) in [5.41, 5.74) is 6.00. The summed E-state index contributed by atoms with van der Waals surface area (Å²) in [6, 6.07) is 12.1. The number of likely N-dealkylation sites (tertiary alicyclic amines) is 3. The van der Waals surface area contributed by atoms with Gasteiger partial charge in [-0.3, -0.25) is 44.0 Å². The number of halogens is 1. The van der Waals surface area contributed by atoms with Crippen LogP contribution in [0.15, 0.2) is 81.6 Å². The third kappa shape index (κ3) is 16.4. The number of benzene rings is 1. The summed E-state index contributed by atoms with van der Waals surface area (Å²) < 4.78 is 23.4. The van der Waals surface area contributed by atoms with E-state index in [0.29, 0.717) is 42.9 Å². The summed E-state index contributed by atoms with van der Waals surface area (Å²) in [6.45, 7) is 17.3. The average molecular weight is 1130 g/mol. The molecule has 21 nitrogen and oxygen atoms in total. The molecule has 22 heteroatoms. The molecule has 0 spiro atoms. The van der Waals surface area contributed by atoms with Gasteiger partial charge in [-0.25, -0.2) is 39.3 Å². The number of ether oxygens (including phenoxy) is 2. The van der Waals surface area contributed by atoms with E-state index in [2.05, 4.69) is 71.2 Å². The zero-order chi connectivity index (χ0) is 56.6. The Morgan fingerprint density at radius 2 is 0.878 bits per heavy atom. The van der Waals surface area contributed by atoms with Gasteiger partial charge in [-0.05, 0) is 128 Å². The second-order valence-corrected chi connectivity index (χ2v) is 22.6. The summed E-state index contributed by atoms with van der Waals surface area (Å²) in [6.07, 6.45) is 20.3. The van der Waals surface area contributed by atoms with Crippen molar-refractivity contribution >= 4 is 17.8 Å². The number of H-pyrrole nitrogens is 3. The predicted molar refractivity (Wildman–Crippen MR) is 313 cm³/mol. The van der Waals surface area contributed by atoms with Crippen LogP contribution in [0.5, 0.6) is 6.01 Å². The molecule has 0 atom stereocenters. The van der Waals surface area contributed by atoms with Crippen molar-refractivity contribution in [1.29, 1.82) is 0 Å². The Balaban J connectivity index is 0.000000138. The highest BCUT2D eigenvalue weighted by atomic mass is 19.1. The molecule has 1 aromatic carbocycles. The number of anilines is 3. The average Bonchev–Trinajstić information content (AvgIpc) is 4.36. The Kier molecular flexibility index (Phi) is 20.4. The normalized spacial score (nSPS) is 18.9. The summed E-state index contributed by atoms with van der Waals surface area (Å²) in [4.78, 5) is 90.4. The molecular formula is C60H81FN16O5. The number of piperidine rings is 3. The number of hydrogen-bond acceptors (Lipinski definition) is 18. The Morgan fingerprint density at radius 1 is 0.512 bits per heavy atom. The van der Waals surface area contributed by atoms with Gasteiger partial charge in [0.2, 0.25) is 17.8 Å². The first kappa shape index (κ1) is 58.2. The molecule has 11 heterocycles. The molecule has 0 unspecified atom stereocenters. The van der Waals surface area contributed by atoms with Gasteiger partial charge < -0.3 is 24.2 Å². The fraction of sp³-hybridized carbons (Fsp3) is 0.567. The Bertz CT molecular complexity index is 3100. The zero-order valence-corrected chi connectivity index (χ0v) is 47.8. The van der Waals surface area contributed by atoms with E-state index in [1.807, 2.05) is 36.9 Å². The van der Waals surface area contributed by atoms with Crippen LogP contribution in [0, 0.1) is 5.82 Å². The van der Waals surface area contributed by atoms with E-state index in [-0.39, 0.29) is 22.5 Å². The summed E-state index contributed by atoms with van der Waals surface area (Å²) >= 11 is 0. The zero-order valence-electron chi connectivity index (χ0n) is 47.8. The number of aromatic nitrogens is 10. The molecule has 438 valence electrons. The molecule has 0 amide bonds. The number of rotatable bonds is 15. The number of aryl methyl sites for hydroxylation is 1. The van der Waals surface area contributed by atoms with Crippen molar-refractivity contribution in [2.45, 2.75) is 121 Å². The van der Waals surface area contributed by atoms with Crippen LogP contribution in [-0.4, -0.2) is 163 Å². The topological polar surface area (TPSA) is 227 Å². The minimum atomic E-state index is -0.200. The van der Waals surface area contributed by atoms with E-state index in [4.69, 9.17) is 24.4 Å². The molecule has 0 aliphatic carbocycles. The molecule has 6 aliphatic rings. The lowest BCUT2D eigenvalue weighted by Crippen LogP contribution is -2.39. The largest absolute Gasteiger partial charge is 0.467 e. The van der Waals surface area contributed by atoms with Crippen LogP contribution in [-0.2, 0) is 30.8 Å². The standard InChI is InChI=1S/C21H30N6O.C20H25FN4O2.C19H26N6O2/c1-2-5-19-22-13-16(14-23-19)15-26-10-6-17(7-11-26)18-12-20(28)25-21(24-18)27-8-3-4-9-27;21-17-3-1-15(2-4-17)14-24-7-5-16(6-8-24)18-13-19(26)23-20(22-18)25-9-11-27-12-10-25;1-27-19-20-11-14(12-21-19)13-24-8-4-15(5-9-24)16-10-17(26)23-18(22-16)25-6-2-3-7-25/h12-14,17H,2-11,15H2,1H3,(H,24,25,28);1-4,13,16H,5-12,14H2,(H,22,23,26);10-12,15H,2-9,13H2,1H3,(H,22,23,26). The maximum atomic E-state index is 13.0. The molecule has 6 fully saturated rings. The lowest BCUT2D eigenvalue weighted by atomic mass is 9.93. The van der Waals surface area contributed by atoms with Crippen LogP contribution in [0.3, 0.4) is 0 Å². The van der Waals surface area contributed by atoms with Crippen molar-refractivity contribution < 1.29 is 13.9 Å². The minimum Gasteiger partial charge on any atom is -0.467 e. The fourth-order valence-electron chi connectivity index (χ4n) is 12.0. The molecule has 3 N–H and O–H groups in total. The van der Waals surface area contributed by atoms with Crippen LogP contribution in [0.4, 0.5) is 22.2 Å². The van der Waals surface area contributed by atoms with E-state index >= 15 is 0 Å². The Morgan fingerprint density at radius 3 is 1.26 bits per heavy atom.